The molecule has 0 aliphatic heterocycles. The third kappa shape index (κ3) is 3.32. The summed E-state index contributed by atoms with van der Waals surface area (Å²) in [6.45, 7) is 0.778. The summed E-state index contributed by atoms with van der Waals surface area (Å²) < 4.78 is 13.8. The van der Waals surface area contributed by atoms with Crippen LogP contribution in [0.4, 0.5) is 10.1 Å². The zero-order valence-electron chi connectivity index (χ0n) is 10.0. The third-order valence-corrected chi connectivity index (χ3v) is 2.65. The summed E-state index contributed by atoms with van der Waals surface area (Å²) in [4.78, 5) is 13.8. The Morgan fingerprint density at radius 3 is 2.63 bits per heavy atom. The lowest BCUT2D eigenvalue weighted by molar-refractivity contribution is -0.387. The van der Waals surface area contributed by atoms with Crippen LogP contribution in [0.25, 0.3) is 0 Å². The highest BCUT2D eigenvalue weighted by atomic mass is 19.1. The molecule has 2 aromatic rings. The minimum atomic E-state index is -0.783. The summed E-state index contributed by atoms with van der Waals surface area (Å²) >= 11 is 0. The quantitative estimate of drug-likeness (QED) is 0.663. The van der Waals surface area contributed by atoms with E-state index in [1.165, 1.54) is 12.1 Å². The van der Waals surface area contributed by atoms with Crippen LogP contribution in [0.3, 0.4) is 0 Å². The van der Waals surface area contributed by atoms with E-state index in [0.29, 0.717) is 6.54 Å². The van der Waals surface area contributed by atoms with Crippen LogP contribution in [0.1, 0.15) is 11.1 Å². The predicted octanol–water partition coefficient (Wildman–Crippen LogP) is 2.42. The van der Waals surface area contributed by atoms with Gasteiger partial charge in [0, 0.05) is 37.1 Å². The molecule has 0 amide bonds. The van der Waals surface area contributed by atoms with Crippen molar-refractivity contribution in [3.05, 3.63) is 69.8 Å². The van der Waals surface area contributed by atoms with Gasteiger partial charge in [-0.1, -0.05) is 12.1 Å². The Kier molecular flexibility index (Phi) is 4.15. The molecule has 2 rings (SSSR count). The Morgan fingerprint density at radius 2 is 1.95 bits per heavy atom. The molecule has 0 aliphatic rings. The zero-order valence-corrected chi connectivity index (χ0v) is 10.0. The average Bonchev–Trinajstić information content (AvgIpc) is 2.41. The van der Waals surface area contributed by atoms with Crippen molar-refractivity contribution in [2.24, 2.45) is 0 Å². The van der Waals surface area contributed by atoms with E-state index in [0.717, 1.165) is 11.6 Å². The number of nitro groups is 1. The van der Waals surface area contributed by atoms with Crippen LogP contribution < -0.4 is 5.32 Å². The second-order valence-electron chi connectivity index (χ2n) is 3.97. The van der Waals surface area contributed by atoms with Crippen LogP contribution in [0.2, 0.25) is 0 Å². The largest absolute Gasteiger partial charge is 0.309 e. The van der Waals surface area contributed by atoms with Crippen LogP contribution in [0.15, 0.2) is 42.7 Å². The SMILES string of the molecule is O=[N+]([O-])c1cccc(CNCc2ccncc2)c1F. The van der Waals surface area contributed by atoms with Crippen molar-refractivity contribution in [3.8, 4) is 0 Å². The van der Waals surface area contributed by atoms with Gasteiger partial charge in [-0.2, -0.15) is 4.39 Å². The van der Waals surface area contributed by atoms with E-state index < -0.39 is 16.4 Å². The number of rotatable bonds is 5. The second kappa shape index (κ2) is 6.01. The lowest BCUT2D eigenvalue weighted by atomic mass is 10.2. The molecule has 0 aliphatic carbocycles. The summed E-state index contributed by atoms with van der Waals surface area (Å²) in [5.74, 6) is -0.783. The van der Waals surface area contributed by atoms with Crippen molar-refractivity contribution in [1.29, 1.82) is 0 Å². The number of pyridine rings is 1. The molecule has 0 bridgehead atoms. The molecule has 0 saturated carbocycles. The number of nitro benzene ring substituents is 1. The van der Waals surface area contributed by atoms with E-state index in [2.05, 4.69) is 10.3 Å². The highest BCUT2D eigenvalue weighted by molar-refractivity contribution is 5.36. The van der Waals surface area contributed by atoms with Crippen molar-refractivity contribution in [1.82, 2.24) is 10.3 Å². The molecule has 19 heavy (non-hydrogen) atoms. The van der Waals surface area contributed by atoms with Gasteiger partial charge >= 0.3 is 5.69 Å². The van der Waals surface area contributed by atoms with Gasteiger partial charge in [0.25, 0.3) is 0 Å². The molecule has 0 spiro atoms. The van der Waals surface area contributed by atoms with E-state index >= 15 is 0 Å². The smallest absolute Gasteiger partial charge is 0.305 e. The second-order valence-corrected chi connectivity index (χ2v) is 3.97. The van der Waals surface area contributed by atoms with Crippen molar-refractivity contribution >= 4 is 5.69 Å². The molecular formula is C13H12FN3O2. The summed E-state index contributed by atoms with van der Waals surface area (Å²) in [5, 5.41) is 13.6. The minimum absolute atomic E-state index is 0.232. The number of nitrogens with zero attached hydrogens (tertiary/aromatic N) is 2. The number of benzene rings is 1. The van der Waals surface area contributed by atoms with E-state index in [9.17, 15) is 14.5 Å². The van der Waals surface area contributed by atoms with Crippen LogP contribution >= 0.6 is 0 Å². The van der Waals surface area contributed by atoms with Crippen molar-refractivity contribution in [2.75, 3.05) is 0 Å². The van der Waals surface area contributed by atoms with Crippen LogP contribution in [0, 0.1) is 15.9 Å². The standard InChI is InChI=1S/C13H12FN3O2/c14-13-11(2-1-3-12(13)17(18)19)9-16-8-10-4-6-15-7-5-10/h1-7,16H,8-9H2. The van der Waals surface area contributed by atoms with Crippen molar-refractivity contribution in [2.45, 2.75) is 13.1 Å². The fourth-order valence-electron chi connectivity index (χ4n) is 1.69. The first-order valence-corrected chi connectivity index (χ1v) is 5.70. The van der Waals surface area contributed by atoms with Crippen molar-refractivity contribution < 1.29 is 9.31 Å². The van der Waals surface area contributed by atoms with Crippen LogP contribution in [-0.2, 0) is 13.1 Å². The Bertz CT molecular complexity index is 575. The number of hydrogen-bond donors (Lipinski definition) is 1. The fraction of sp³-hybridized carbons (Fsp3) is 0.154. The zero-order chi connectivity index (χ0) is 13.7. The van der Waals surface area contributed by atoms with Gasteiger partial charge in [-0.05, 0) is 17.7 Å². The first kappa shape index (κ1) is 13.1. The first-order chi connectivity index (χ1) is 9.18. The first-order valence-electron chi connectivity index (χ1n) is 5.70. The van der Waals surface area contributed by atoms with E-state index in [-0.39, 0.29) is 12.1 Å². The maximum atomic E-state index is 13.8. The third-order valence-electron chi connectivity index (χ3n) is 2.65. The van der Waals surface area contributed by atoms with E-state index in [1.54, 1.807) is 12.4 Å². The number of aromatic nitrogens is 1. The monoisotopic (exact) mass is 261 g/mol. The summed E-state index contributed by atoms with van der Waals surface area (Å²) in [6.07, 6.45) is 3.34. The van der Waals surface area contributed by atoms with Gasteiger partial charge in [-0.3, -0.25) is 15.1 Å². The number of hydrogen-bond acceptors (Lipinski definition) is 4. The number of nitrogens with one attached hydrogen (secondary N) is 1. The maximum Gasteiger partial charge on any atom is 0.305 e. The van der Waals surface area contributed by atoms with Gasteiger partial charge in [-0.25, -0.2) is 0 Å². The highest BCUT2D eigenvalue weighted by Gasteiger charge is 2.16. The number of halogens is 1. The van der Waals surface area contributed by atoms with Crippen molar-refractivity contribution in [3.63, 3.8) is 0 Å². The van der Waals surface area contributed by atoms with E-state index in [1.807, 2.05) is 12.1 Å². The minimum Gasteiger partial charge on any atom is -0.309 e. The molecule has 1 heterocycles. The summed E-state index contributed by atoms with van der Waals surface area (Å²) in [5.41, 5.74) is 0.798. The van der Waals surface area contributed by atoms with Crippen LogP contribution in [-0.4, -0.2) is 9.91 Å². The normalized spacial score (nSPS) is 10.4. The summed E-state index contributed by atoms with van der Waals surface area (Å²) in [6, 6.07) is 7.85. The molecule has 0 saturated heterocycles. The molecular weight excluding hydrogens is 249 g/mol. The highest BCUT2D eigenvalue weighted by Crippen LogP contribution is 2.19. The molecule has 0 atom stereocenters. The van der Waals surface area contributed by atoms with Gasteiger partial charge in [0.2, 0.25) is 5.82 Å². The average molecular weight is 261 g/mol. The molecule has 5 nitrogen and oxygen atoms in total. The van der Waals surface area contributed by atoms with Gasteiger partial charge in [0.1, 0.15) is 0 Å². The molecule has 0 fully saturated rings. The molecule has 0 radical (unpaired) electrons. The van der Waals surface area contributed by atoms with Gasteiger partial charge in [0.05, 0.1) is 4.92 Å². The maximum absolute atomic E-state index is 13.8. The Hall–Kier alpha value is -2.34. The Labute approximate surface area is 109 Å². The molecule has 98 valence electrons. The van der Waals surface area contributed by atoms with Gasteiger partial charge < -0.3 is 5.32 Å². The van der Waals surface area contributed by atoms with Gasteiger partial charge in [0.15, 0.2) is 0 Å². The van der Waals surface area contributed by atoms with E-state index in [4.69, 9.17) is 0 Å². The Morgan fingerprint density at radius 1 is 1.21 bits per heavy atom. The molecule has 0 unspecified atom stereocenters. The Balaban J connectivity index is 2.00. The predicted molar refractivity (Wildman–Crippen MR) is 67.8 cm³/mol. The fourth-order valence-corrected chi connectivity index (χ4v) is 1.69. The summed E-state index contributed by atoms with van der Waals surface area (Å²) in [7, 11) is 0. The molecule has 1 aromatic carbocycles. The molecule has 1 aromatic heterocycles. The molecule has 6 heteroatoms. The lowest BCUT2D eigenvalue weighted by Crippen LogP contribution is -2.14. The lowest BCUT2D eigenvalue weighted by Gasteiger charge is -2.06. The topological polar surface area (TPSA) is 68.1 Å². The molecule has 1 N–H and O–H groups in total. The van der Waals surface area contributed by atoms with Crippen LogP contribution in [0.5, 0.6) is 0 Å². The van der Waals surface area contributed by atoms with Gasteiger partial charge in [-0.15, -0.1) is 0 Å².